The first-order chi connectivity index (χ1) is 16.3. The van der Waals surface area contributed by atoms with Crippen LogP contribution in [0.3, 0.4) is 0 Å². The summed E-state index contributed by atoms with van der Waals surface area (Å²) in [7, 11) is 4.99. The highest BCUT2D eigenvalue weighted by Crippen LogP contribution is 2.65. The topological polar surface area (TPSA) is 31.6 Å². The van der Waals surface area contributed by atoms with Gasteiger partial charge in [-0.3, -0.25) is 0 Å². The zero-order chi connectivity index (χ0) is 23.7. The van der Waals surface area contributed by atoms with Crippen LogP contribution in [0.1, 0.15) is 54.6 Å². The minimum absolute atomic E-state index is 0.310. The Morgan fingerprint density at radius 1 is 0.941 bits per heavy atom. The molecule has 34 heavy (non-hydrogen) atoms. The number of nitrogens with one attached hydrogen (secondary N) is 2. The summed E-state index contributed by atoms with van der Waals surface area (Å²) in [6, 6.07) is 16.6. The molecule has 5 atom stereocenters. The summed E-state index contributed by atoms with van der Waals surface area (Å²) in [6.07, 6.45) is 12.6. The number of benzene rings is 1. The van der Waals surface area contributed by atoms with E-state index in [2.05, 4.69) is 103 Å². The molecule has 1 aromatic carbocycles. The number of rotatable bonds is 6. The first-order valence-corrected chi connectivity index (χ1v) is 18.1. The lowest BCUT2D eigenvalue weighted by molar-refractivity contribution is -0.0522. The predicted molar refractivity (Wildman–Crippen MR) is 154 cm³/mol. The molecule has 4 fully saturated rings. The van der Waals surface area contributed by atoms with Crippen LogP contribution in [-0.2, 0) is 10.6 Å². The Morgan fingerprint density at radius 2 is 1.56 bits per heavy atom. The van der Waals surface area contributed by atoms with E-state index in [1.54, 1.807) is 10.8 Å². The second-order valence-corrected chi connectivity index (χ2v) is 19.0. The van der Waals surface area contributed by atoms with Crippen LogP contribution in [0.5, 0.6) is 0 Å². The van der Waals surface area contributed by atoms with Crippen molar-refractivity contribution in [2.45, 2.75) is 62.3 Å². The van der Waals surface area contributed by atoms with Crippen molar-refractivity contribution in [3.8, 4) is 0 Å². The minimum atomic E-state index is -1.48. The lowest BCUT2D eigenvalue weighted by Gasteiger charge is -2.62. The minimum Gasteiger partial charge on any atom is -0.364 e. The van der Waals surface area contributed by atoms with Crippen molar-refractivity contribution in [1.82, 2.24) is 9.97 Å². The van der Waals surface area contributed by atoms with Gasteiger partial charge in [0.1, 0.15) is 0 Å². The summed E-state index contributed by atoms with van der Waals surface area (Å²) < 4.78 is 0. The van der Waals surface area contributed by atoms with Crippen LogP contribution in [0.25, 0.3) is 0 Å². The molecule has 0 aliphatic heterocycles. The van der Waals surface area contributed by atoms with Crippen LogP contribution >= 0.6 is 18.5 Å². The quantitative estimate of drug-likeness (QED) is 0.278. The molecule has 4 saturated carbocycles. The molecule has 2 nitrogen and oxygen atoms in total. The standard InChI is InChI=1S/C29H40N2P2Si/c1-34(2,3)22-8-9-23(28-16-19-12-20(17-28)14-21(13-19)25(28)18-32)24(15-22)29(33,26-6-4-10-30-26)27-7-5-11-31-27/h4-11,15,19-21,25,30-31H,12-14,16-18,32-33H2,1-3H3. The van der Waals surface area contributed by atoms with Gasteiger partial charge in [0.2, 0.25) is 0 Å². The van der Waals surface area contributed by atoms with E-state index < -0.39 is 8.07 Å². The van der Waals surface area contributed by atoms with Gasteiger partial charge in [0.05, 0.1) is 13.2 Å². The fourth-order valence-corrected chi connectivity index (χ4v) is 10.9. The van der Waals surface area contributed by atoms with Crippen molar-refractivity contribution in [3.05, 3.63) is 77.4 Å². The van der Waals surface area contributed by atoms with Gasteiger partial charge in [-0.1, -0.05) is 43.0 Å². The largest absolute Gasteiger partial charge is 0.364 e. The maximum atomic E-state index is 3.62. The van der Waals surface area contributed by atoms with Crippen LogP contribution < -0.4 is 5.19 Å². The van der Waals surface area contributed by atoms with E-state index in [-0.39, 0.29) is 5.16 Å². The van der Waals surface area contributed by atoms with Crippen LogP contribution in [0.2, 0.25) is 19.6 Å². The molecule has 4 aliphatic rings. The Kier molecular flexibility index (Phi) is 5.60. The maximum absolute atomic E-state index is 3.62. The molecule has 2 heterocycles. The van der Waals surface area contributed by atoms with E-state index in [0.717, 1.165) is 23.7 Å². The number of H-pyrrole nitrogens is 2. The smallest absolute Gasteiger partial charge is 0.0891 e. The molecule has 0 saturated heterocycles. The molecule has 0 amide bonds. The lowest BCUT2D eigenvalue weighted by Crippen LogP contribution is -2.56. The normalized spacial score (nSPS) is 30.7. The van der Waals surface area contributed by atoms with Gasteiger partial charge >= 0.3 is 0 Å². The summed E-state index contributed by atoms with van der Waals surface area (Å²) >= 11 is 0. The van der Waals surface area contributed by atoms with Crippen molar-refractivity contribution < 1.29 is 0 Å². The summed E-state index contributed by atoms with van der Waals surface area (Å²) in [5.74, 6) is 3.53. The Hall–Kier alpha value is -1.14. The zero-order valence-corrected chi connectivity index (χ0v) is 24.2. The lowest BCUT2D eigenvalue weighted by atomic mass is 9.43. The Bertz CT molecular complexity index is 1110. The van der Waals surface area contributed by atoms with Gasteiger partial charge in [0.25, 0.3) is 0 Å². The SMILES string of the molecule is C[Si](C)(C)c1ccc(C23CC4CC(CC(C4)C2CP)C3)c(C(P)(c2ccc[nH]2)c2ccc[nH]2)c1. The molecule has 4 aliphatic carbocycles. The molecule has 5 unspecified atom stereocenters. The molecule has 0 radical (unpaired) electrons. The van der Waals surface area contributed by atoms with Gasteiger partial charge in [0.15, 0.2) is 0 Å². The highest BCUT2D eigenvalue weighted by atomic mass is 31.0. The van der Waals surface area contributed by atoms with E-state index in [0.29, 0.717) is 5.41 Å². The molecule has 2 aromatic heterocycles. The van der Waals surface area contributed by atoms with Crippen molar-refractivity contribution in [2.24, 2.45) is 23.7 Å². The average Bonchev–Trinajstić information content (AvgIpc) is 3.52. The molecular weight excluding hydrogens is 466 g/mol. The van der Waals surface area contributed by atoms with E-state index >= 15 is 0 Å². The van der Waals surface area contributed by atoms with Gasteiger partial charge in [-0.25, -0.2) is 0 Å². The predicted octanol–water partition coefficient (Wildman–Crippen LogP) is 6.62. The molecular formula is C29H40N2P2Si. The zero-order valence-electron chi connectivity index (χ0n) is 20.9. The van der Waals surface area contributed by atoms with Crippen molar-refractivity contribution in [3.63, 3.8) is 0 Å². The Morgan fingerprint density at radius 3 is 2.06 bits per heavy atom. The van der Waals surface area contributed by atoms with E-state index in [4.69, 9.17) is 0 Å². The van der Waals surface area contributed by atoms with Gasteiger partial charge in [-0.15, -0.1) is 18.5 Å². The van der Waals surface area contributed by atoms with Crippen molar-refractivity contribution >= 4 is 31.7 Å². The van der Waals surface area contributed by atoms with Crippen LogP contribution in [0.4, 0.5) is 0 Å². The van der Waals surface area contributed by atoms with Gasteiger partial charge in [-0.05, 0) is 103 Å². The average molecular weight is 507 g/mol. The first-order valence-electron chi connectivity index (χ1n) is 13.2. The third-order valence-electron chi connectivity index (χ3n) is 9.67. The first kappa shape index (κ1) is 23.3. The van der Waals surface area contributed by atoms with Crippen LogP contribution in [-0.4, -0.2) is 24.2 Å². The number of aromatic amines is 2. The van der Waals surface area contributed by atoms with Gasteiger partial charge in [0, 0.05) is 23.8 Å². The third-order valence-corrected chi connectivity index (χ3v) is 13.2. The van der Waals surface area contributed by atoms with Gasteiger partial charge < -0.3 is 9.97 Å². The number of hydrogen-bond acceptors (Lipinski definition) is 0. The molecule has 4 bridgehead atoms. The second-order valence-electron chi connectivity index (χ2n) is 12.6. The van der Waals surface area contributed by atoms with E-state index in [1.807, 2.05) is 0 Å². The monoisotopic (exact) mass is 506 g/mol. The van der Waals surface area contributed by atoms with Crippen LogP contribution in [0, 0.1) is 23.7 Å². The summed E-state index contributed by atoms with van der Waals surface area (Å²) in [6.45, 7) is 7.45. The third kappa shape index (κ3) is 3.41. The number of aromatic nitrogens is 2. The highest BCUT2D eigenvalue weighted by Gasteiger charge is 2.58. The maximum Gasteiger partial charge on any atom is 0.0891 e. The summed E-state index contributed by atoms with van der Waals surface area (Å²) in [4.78, 5) is 7.23. The summed E-state index contributed by atoms with van der Waals surface area (Å²) in [5, 5.41) is 1.25. The van der Waals surface area contributed by atoms with Crippen LogP contribution in [0.15, 0.2) is 54.9 Å². The summed E-state index contributed by atoms with van der Waals surface area (Å²) in [5.41, 5.74) is 5.96. The van der Waals surface area contributed by atoms with Gasteiger partial charge in [-0.2, -0.15) is 0 Å². The fraction of sp³-hybridized carbons (Fsp3) is 0.517. The molecule has 2 N–H and O–H groups in total. The van der Waals surface area contributed by atoms with Crippen molar-refractivity contribution in [2.75, 3.05) is 6.16 Å². The molecule has 180 valence electrons. The Labute approximate surface area is 210 Å². The van der Waals surface area contributed by atoms with E-state index in [9.17, 15) is 0 Å². The number of hydrogen-bond donors (Lipinski definition) is 2. The highest BCUT2D eigenvalue weighted by molar-refractivity contribution is 7.19. The molecule has 3 aromatic rings. The van der Waals surface area contributed by atoms with Crippen molar-refractivity contribution in [1.29, 1.82) is 0 Å². The fourth-order valence-electron chi connectivity index (χ4n) is 8.34. The van der Waals surface area contributed by atoms with E-state index in [1.165, 1.54) is 55.2 Å². The Balaban J connectivity index is 1.63. The molecule has 7 rings (SSSR count). The molecule has 5 heteroatoms. The molecule has 0 spiro atoms. The second kappa shape index (κ2) is 8.19.